The van der Waals surface area contributed by atoms with Gasteiger partial charge in [-0.05, 0) is 101 Å². The predicted molar refractivity (Wildman–Crippen MR) is 194 cm³/mol. The minimum atomic E-state index is -1.12. The van der Waals surface area contributed by atoms with Crippen LogP contribution in [0.25, 0.3) is 0 Å². The fraction of sp³-hybridized carbons (Fsp3) is 0.667. The van der Waals surface area contributed by atoms with Crippen molar-refractivity contribution < 1.29 is 33.4 Å². The van der Waals surface area contributed by atoms with Crippen LogP contribution in [0.5, 0.6) is 0 Å². The van der Waals surface area contributed by atoms with Crippen LogP contribution in [0.4, 0.5) is 4.79 Å². The summed E-state index contributed by atoms with van der Waals surface area (Å²) in [7, 11) is 0. The number of hydrogen-bond donors (Lipinski definition) is 3. The van der Waals surface area contributed by atoms with Crippen molar-refractivity contribution in [3.8, 4) is 0 Å². The van der Waals surface area contributed by atoms with E-state index in [2.05, 4.69) is 47.4 Å². The third kappa shape index (κ3) is 8.92. The Kier molecular flexibility index (Phi) is 10.8. The molecule has 3 fully saturated rings. The van der Waals surface area contributed by atoms with Gasteiger partial charge in [-0.25, -0.2) is 4.79 Å². The second-order valence-corrected chi connectivity index (χ2v) is 17.8. The fourth-order valence-corrected chi connectivity index (χ4v) is 8.71. The van der Waals surface area contributed by atoms with Gasteiger partial charge in [0.05, 0.1) is 12.5 Å². The molecule has 3 N–H and O–H groups in total. The van der Waals surface area contributed by atoms with E-state index in [1.54, 1.807) is 20.8 Å². The molecular weight excluding hydrogens is 669 g/mol. The van der Waals surface area contributed by atoms with Gasteiger partial charge in [0.2, 0.25) is 11.8 Å². The minimum Gasteiger partial charge on any atom is -0.460 e. The smallest absolute Gasteiger partial charge is 0.408 e. The quantitative estimate of drug-likeness (QED) is 0.205. The van der Waals surface area contributed by atoms with E-state index in [1.807, 2.05) is 18.2 Å². The monoisotopic (exact) mass is 722 g/mol. The number of nitrogens with zero attached hydrogens (tertiary/aromatic N) is 1. The molecule has 1 unspecified atom stereocenters. The second-order valence-electron chi connectivity index (χ2n) is 16.7. The maximum Gasteiger partial charge on any atom is 0.408 e. The van der Waals surface area contributed by atoms with E-state index in [9.17, 15) is 24.0 Å². The molecule has 2 heterocycles. The number of esters is 1. The van der Waals surface area contributed by atoms with Crippen molar-refractivity contribution in [1.82, 2.24) is 20.3 Å². The molecule has 6 atom stereocenters. The lowest BCUT2D eigenvalue weighted by Gasteiger charge is -2.36. The van der Waals surface area contributed by atoms with Crippen molar-refractivity contribution in [3.63, 3.8) is 0 Å². The molecule has 51 heavy (non-hydrogen) atoms. The Morgan fingerprint density at radius 2 is 1.78 bits per heavy atom. The van der Waals surface area contributed by atoms with E-state index in [0.29, 0.717) is 37.4 Å². The van der Waals surface area contributed by atoms with Crippen LogP contribution >= 0.6 is 11.9 Å². The lowest BCUT2D eigenvalue weighted by molar-refractivity contribution is -0.155. The van der Waals surface area contributed by atoms with Crippen LogP contribution in [0.2, 0.25) is 0 Å². The number of fused-ring (bicyclic) bond motifs is 3. The van der Waals surface area contributed by atoms with Crippen molar-refractivity contribution in [2.24, 2.45) is 11.8 Å². The highest BCUT2D eigenvalue weighted by atomic mass is 32.2. The molecule has 12 heteroatoms. The molecule has 278 valence electrons. The minimum absolute atomic E-state index is 0.00190. The Balaban J connectivity index is 1.24. The van der Waals surface area contributed by atoms with Crippen molar-refractivity contribution in [3.05, 3.63) is 47.5 Å². The summed E-state index contributed by atoms with van der Waals surface area (Å²) in [5.74, 6) is -2.02. The Bertz CT molecular complexity index is 1550. The van der Waals surface area contributed by atoms with E-state index in [0.717, 1.165) is 37.7 Å². The molecule has 5 aliphatic rings. The molecule has 4 amide bonds. The number of nitrogens with one attached hydrogen (secondary N) is 3. The Morgan fingerprint density at radius 1 is 1.02 bits per heavy atom. The van der Waals surface area contributed by atoms with E-state index >= 15 is 0 Å². The van der Waals surface area contributed by atoms with Gasteiger partial charge in [0.25, 0.3) is 5.91 Å². The van der Waals surface area contributed by atoms with Crippen LogP contribution in [0.3, 0.4) is 0 Å². The van der Waals surface area contributed by atoms with Crippen molar-refractivity contribution in [1.29, 1.82) is 0 Å². The molecule has 3 aliphatic carbocycles. The van der Waals surface area contributed by atoms with Gasteiger partial charge in [-0.3, -0.25) is 23.9 Å². The summed E-state index contributed by atoms with van der Waals surface area (Å²) < 4.78 is 14.6. The Hall–Kier alpha value is -3.54. The highest BCUT2D eigenvalue weighted by Crippen LogP contribution is 2.47. The Labute approximate surface area is 305 Å². The summed E-state index contributed by atoms with van der Waals surface area (Å²) in [6, 6.07) is 6.22. The van der Waals surface area contributed by atoms with E-state index in [4.69, 9.17) is 9.47 Å². The zero-order chi connectivity index (χ0) is 36.6. The Morgan fingerprint density at radius 3 is 2.53 bits per heavy atom. The lowest BCUT2D eigenvalue weighted by atomic mass is 9.68. The number of alkyl carbamates (subject to hydrolysis) is 1. The van der Waals surface area contributed by atoms with Gasteiger partial charge in [-0.1, -0.05) is 63.1 Å². The number of carbonyl (C=O) groups is 5. The van der Waals surface area contributed by atoms with Gasteiger partial charge in [0.15, 0.2) is 0 Å². The summed E-state index contributed by atoms with van der Waals surface area (Å²) in [6.07, 6.45) is 10.1. The van der Waals surface area contributed by atoms with Crippen molar-refractivity contribution >= 4 is 41.7 Å². The summed E-state index contributed by atoms with van der Waals surface area (Å²) in [6.45, 7) is 9.53. The normalized spacial score (nSPS) is 31.3. The maximum absolute atomic E-state index is 14.4. The van der Waals surface area contributed by atoms with Crippen molar-refractivity contribution in [2.45, 2.75) is 145 Å². The molecule has 1 aromatic rings. The second kappa shape index (κ2) is 14.8. The molecule has 6 rings (SSSR count). The van der Waals surface area contributed by atoms with Gasteiger partial charge >= 0.3 is 12.1 Å². The first-order valence-electron chi connectivity index (χ1n) is 18.7. The number of amides is 4. The standard InChI is InChI=1S/C39H54N4O7S/c1-37(2,3)50-36(48)40-30-16-10-8-6-7-9-14-26-22-39(26,35(47)42-51-28-17-18-28)41-32(44)31-20-27(23-43(31)33(30)45)49-34(46)25-19-24-13-11-12-15-29(24)38(4,5)21-25/h9,11-15,25-28,30-31H,6-8,10,16-23H2,1-5H3,(H,40,48)(H,41,44)(H,42,47)/b14-9-/t25?,26-,27-,30+,31+,39-/m1/s1. The van der Waals surface area contributed by atoms with Crippen LogP contribution in [0, 0.1) is 11.8 Å². The average molecular weight is 723 g/mol. The van der Waals surface area contributed by atoms with E-state index in [1.165, 1.54) is 22.4 Å². The largest absolute Gasteiger partial charge is 0.460 e. The molecule has 0 spiro atoms. The maximum atomic E-state index is 14.4. The van der Waals surface area contributed by atoms with Crippen LogP contribution in [0.15, 0.2) is 36.4 Å². The zero-order valence-electron chi connectivity index (χ0n) is 30.6. The molecule has 2 aliphatic heterocycles. The number of ether oxygens (including phenoxy) is 2. The number of carbonyl (C=O) groups excluding carboxylic acids is 5. The van der Waals surface area contributed by atoms with E-state index < -0.39 is 47.2 Å². The number of benzene rings is 1. The third-order valence-corrected chi connectivity index (χ3v) is 11.9. The summed E-state index contributed by atoms with van der Waals surface area (Å²) in [5.41, 5.74) is 0.249. The third-order valence-electron chi connectivity index (χ3n) is 10.8. The summed E-state index contributed by atoms with van der Waals surface area (Å²) in [4.78, 5) is 70.4. The van der Waals surface area contributed by atoms with Gasteiger partial charge < -0.3 is 25.0 Å². The van der Waals surface area contributed by atoms with E-state index in [-0.39, 0.29) is 42.1 Å². The van der Waals surface area contributed by atoms with Gasteiger partial charge in [0.1, 0.15) is 29.3 Å². The van der Waals surface area contributed by atoms with Crippen molar-refractivity contribution in [2.75, 3.05) is 6.54 Å². The summed E-state index contributed by atoms with van der Waals surface area (Å²) in [5, 5.41) is 6.23. The molecule has 0 radical (unpaired) electrons. The van der Waals surface area contributed by atoms with Gasteiger partial charge in [-0.15, -0.1) is 0 Å². The van der Waals surface area contributed by atoms with Crippen LogP contribution in [-0.2, 0) is 40.5 Å². The fourth-order valence-electron chi connectivity index (χ4n) is 7.88. The molecule has 2 saturated carbocycles. The zero-order valence-corrected chi connectivity index (χ0v) is 31.4. The van der Waals surface area contributed by atoms with Gasteiger partial charge in [0, 0.05) is 17.6 Å². The molecule has 1 aromatic carbocycles. The van der Waals surface area contributed by atoms with Crippen LogP contribution in [-0.4, -0.2) is 75.8 Å². The average Bonchev–Trinajstić information content (AvgIpc) is 3.97. The first-order valence-corrected chi connectivity index (χ1v) is 19.6. The molecule has 11 nitrogen and oxygen atoms in total. The van der Waals surface area contributed by atoms with Crippen LogP contribution < -0.4 is 15.4 Å². The molecular formula is C39H54N4O7S. The highest BCUT2D eigenvalue weighted by Gasteiger charge is 2.61. The molecule has 1 saturated heterocycles. The number of hydrogen-bond acceptors (Lipinski definition) is 8. The first kappa shape index (κ1) is 37.2. The first-order chi connectivity index (χ1) is 24.1. The van der Waals surface area contributed by atoms with Gasteiger partial charge in [-0.2, -0.15) is 0 Å². The molecule has 0 aromatic heterocycles. The SMILES string of the molecule is CC(C)(C)OC(=O)N[C@H]1CCCCC/C=C\[C@@H]2C[C@@]2(C(=O)NSC2CC2)NC(=O)[C@@H]2C[C@@H](OC(=O)C3Cc4ccccc4C(C)(C)C3)CN2C1=O. The summed E-state index contributed by atoms with van der Waals surface area (Å²) >= 11 is 1.40. The lowest BCUT2D eigenvalue weighted by Crippen LogP contribution is -2.57. The topological polar surface area (TPSA) is 143 Å². The van der Waals surface area contributed by atoms with Crippen LogP contribution in [0.1, 0.15) is 110 Å². The highest BCUT2D eigenvalue weighted by molar-refractivity contribution is 7.98. The predicted octanol–water partition coefficient (Wildman–Crippen LogP) is 5.25. The molecule has 0 bridgehead atoms. The number of rotatable bonds is 6. The number of allylic oxidation sites excluding steroid dienone is 1.